The normalized spacial score (nSPS) is 19.3. The summed E-state index contributed by atoms with van der Waals surface area (Å²) >= 11 is 0. The van der Waals surface area contributed by atoms with Crippen LogP contribution in [0.25, 0.3) is 0 Å². The third kappa shape index (κ3) is 4.00. The average molecular weight is 250 g/mol. The molecule has 0 amide bonds. The summed E-state index contributed by atoms with van der Waals surface area (Å²) in [4.78, 5) is 2.00. The van der Waals surface area contributed by atoms with E-state index in [0.717, 1.165) is 12.8 Å². The highest BCUT2D eigenvalue weighted by atomic mass is 19.4. The van der Waals surface area contributed by atoms with Gasteiger partial charge in [-0.15, -0.1) is 0 Å². The molecule has 0 aromatic carbocycles. The Morgan fingerprint density at radius 1 is 1.29 bits per heavy atom. The van der Waals surface area contributed by atoms with Crippen LogP contribution in [0.1, 0.15) is 33.1 Å². The van der Waals surface area contributed by atoms with Gasteiger partial charge in [-0.25, -0.2) is 0 Å². The van der Waals surface area contributed by atoms with Crippen molar-refractivity contribution in [2.24, 2.45) is 5.73 Å². The first-order valence-electron chi connectivity index (χ1n) is 6.08. The van der Waals surface area contributed by atoms with E-state index >= 15 is 0 Å². The molecule has 0 bridgehead atoms. The Bertz CT molecular complexity index is 280. The maximum atomic E-state index is 12.4. The Hall–Kier alpha value is -0.550. The van der Waals surface area contributed by atoms with Crippen LogP contribution in [0.3, 0.4) is 0 Å². The molecule has 0 radical (unpaired) electrons. The van der Waals surface area contributed by atoms with Gasteiger partial charge in [0.15, 0.2) is 0 Å². The number of nitrogens with zero attached hydrogens (tertiary/aromatic N) is 1. The molecule has 0 saturated carbocycles. The van der Waals surface area contributed by atoms with Crippen molar-refractivity contribution >= 4 is 0 Å². The molecule has 2 N–H and O–H groups in total. The molecule has 0 atom stereocenters. The van der Waals surface area contributed by atoms with Crippen molar-refractivity contribution < 1.29 is 13.2 Å². The van der Waals surface area contributed by atoms with Crippen molar-refractivity contribution in [3.05, 3.63) is 11.6 Å². The molecule has 1 aliphatic heterocycles. The van der Waals surface area contributed by atoms with Gasteiger partial charge >= 0.3 is 6.18 Å². The van der Waals surface area contributed by atoms with Gasteiger partial charge in [0.25, 0.3) is 0 Å². The van der Waals surface area contributed by atoms with Crippen LogP contribution in [0, 0.1) is 0 Å². The highest BCUT2D eigenvalue weighted by molar-refractivity contribution is 5.13. The van der Waals surface area contributed by atoms with Crippen molar-refractivity contribution in [3.8, 4) is 0 Å². The first kappa shape index (κ1) is 14.5. The Balaban J connectivity index is 2.55. The molecule has 100 valence electrons. The zero-order chi connectivity index (χ0) is 13.1. The smallest absolute Gasteiger partial charge is 0.324 e. The lowest BCUT2D eigenvalue weighted by atomic mass is 9.92. The second-order valence-electron chi connectivity index (χ2n) is 4.78. The second kappa shape index (κ2) is 5.40. The average Bonchev–Trinajstić information content (AvgIpc) is 2.28. The number of nitrogens with two attached hydrogens (primary N) is 1. The number of alkyl halides is 3. The summed E-state index contributed by atoms with van der Waals surface area (Å²) in [5.41, 5.74) is 5.49. The van der Waals surface area contributed by atoms with E-state index in [-0.39, 0.29) is 12.0 Å². The van der Waals surface area contributed by atoms with E-state index in [4.69, 9.17) is 5.73 Å². The van der Waals surface area contributed by atoms with E-state index in [9.17, 15) is 13.2 Å². The van der Waals surface area contributed by atoms with Crippen molar-refractivity contribution in [1.29, 1.82) is 0 Å². The zero-order valence-corrected chi connectivity index (χ0v) is 10.5. The van der Waals surface area contributed by atoms with Crippen LogP contribution in [0.2, 0.25) is 0 Å². The summed E-state index contributed by atoms with van der Waals surface area (Å²) in [5.74, 6) is 0. The van der Waals surface area contributed by atoms with Crippen molar-refractivity contribution in [2.45, 2.75) is 44.8 Å². The topological polar surface area (TPSA) is 29.3 Å². The van der Waals surface area contributed by atoms with Crippen LogP contribution >= 0.6 is 0 Å². The minimum Gasteiger partial charge on any atom is -0.324 e. The highest BCUT2D eigenvalue weighted by Crippen LogP contribution is 2.30. The summed E-state index contributed by atoms with van der Waals surface area (Å²) < 4.78 is 37.3. The molecule has 0 aromatic heterocycles. The molecular weight excluding hydrogens is 229 g/mol. The number of rotatable bonds is 4. The second-order valence-corrected chi connectivity index (χ2v) is 4.78. The van der Waals surface area contributed by atoms with Crippen LogP contribution in [0.4, 0.5) is 13.2 Å². The van der Waals surface area contributed by atoms with Gasteiger partial charge in [0, 0.05) is 30.7 Å². The van der Waals surface area contributed by atoms with Crippen LogP contribution in [0.15, 0.2) is 11.6 Å². The minimum absolute atomic E-state index is 0.0764. The Morgan fingerprint density at radius 2 is 1.88 bits per heavy atom. The van der Waals surface area contributed by atoms with Crippen LogP contribution in [-0.4, -0.2) is 36.2 Å². The summed E-state index contributed by atoms with van der Waals surface area (Å²) in [6.45, 7) is 5.51. The van der Waals surface area contributed by atoms with Gasteiger partial charge in [-0.05, 0) is 19.3 Å². The monoisotopic (exact) mass is 250 g/mol. The fraction of sp³-hybridized carbons (Fsp3) is 0.833. The molecule has 0 aromatic rings. The summed E-state index contributed by atoms with van der Waals surface area (Å²) in [6, 6.07) is 0. The molecule has 17 heavy (non-hydrogen) atoms. The van der Waals surface area contributed by atoms with Gasteiger partial charge in [0.05, 0.1) is 0 Å². The Kier molecular flexibility index (Phi) is 4.61. The molecule has 0 saturated heterocycles. The Morgan fingerprint density at radius 3 is 2.24 bits per heavy atom. The molecule has 1 rings (SSSR count). The lowest BCUT2D eigenvalue weighted by molar-refractivity contribution is -0.0961. The van der Waals surface area contributed by atoms with E-state index in [1.54, 1.807) is 0 Å². The van der Waals surface area contributed by atoms with Crippen molar-refractivity contribution in [1.82, 2.24) is 4.90 Å². The summed E-state index contributed by atoms with van der Waals surface area (Å²) in [5, 5.41) is 0. The van der Waals surface area contributed by atoms with Crippen LogP contribution in [-0.2, 0) is 0 Å². The molecule has 0 spiro atoms. The summed E-state index contributed by atoms with van der Waals surface area (Å²) in [7, 11) is 0. The van der Waals surface area contributed by atoms with Crippen LogP contribution in [0.5, 0.6) is 0 Å². The lowest BCUT2D eigenvalue weighted by Gasteiger charge is -2.35. The summed E-state index contributed by atoms with van der Waals surface area (Å²) in [6.07, 6.45) is -1.12. The fourth-order valence-electron chi connectivity index (χ4n) is 2.03. The lowest BCUT2D eigenvalue weighted by Crippen LogP contribution is -2.50. The van der Waals surface area contributed by atoms with Gasteiger partial charge < -0.3 is 5.73 Å². The first-order chi connectivity index (χ1) is 7.80. The Labute approximate surface area is 101 Å². The quantitative estimate of drug-likeness (QED) is 0.777. The molecule has 5 heteroatoms. The molecule has 2 nitrogen and oxygen atoms in total. The zero-order valence-electron chi connectivity index (χ0n) is 10.5. The molecule has 0 aliphatic carbocycles. The molecule has 0 unspecified atom stereocenters. The van der Waals surface area contributed by atoms with Gasteiger partial charge in [0.2, 0.25) is 0 Å². The van der Waals surface area contributed by atoms with E-state index < -0.39 is 11.7 Å². The van der Waals surface area contributed by atoms with E-state index in [1.165, 1.54) is 6.08 Å². The standard InChI is InChI=1S/C12H21F3N2/c1-3-11(16,4-2)9-17-7-5-10(6-8-17)12(13,14)15/h5H,3-4,6-9,16H2,1-2H3. The van der Waals surface area contributed by atoms with E-state index in [2.05, 4.69) is 0 Å². The number of hydrogen-bond donors (Lipinski definition) is 1. The van der Waals surface area contributed by atoms with Gasteiger partial charge in [-0.2, -0.15) is 13.2 Å². The predicted molar refractivity (Wildman–Crippen MR) is 62.7 cm³/mol. The van der Waals surface area contributed by atoms with Crippen molar-refractivity contribution in [2.75, 3.05) is 19.6 Å². The molecule has 1 heterocycles. The maximum absolute atomic E-state index is 12.4. The van der Waals surface area contributed by atoms with E-state index in [0.29, 0.717) is 19.6 Å². The predicted octanol–water partition coefficient (Wildman–Crippen LogP) is 2.70. The number of halogens is 3. The minimum atomic E-state index is -4.17. The SMILES string of the molecule is CCC(N)(CC)CN1CC=C(C(F)(F)F)CC1. The largest absolute Gasteiger partial charge is 0.412 e. The molecule has 0 fully saturated rings. The fourth-order valence-corrected chi connectivity index (χ4v) is 2.03. The molecule has 1 aliphatic rings. The van der Waals surface area contributed by atoms with Gasteiger partial charge in [0.1, 0.15) is 0 Å². The third-order valence-electron chi connectivity index (χ3n) is 3.60. The van der Waals surface area contributed by atoms with Gasteiger partial charge in [-0.1, -0.05) is 19.9 Å². The highest BCUT2D eigenvalue weighted by Gasteiger charge is 2.35. The third-order valence-corrected chi connectivity index (χ3v) is 3.60. The van der Waals surface area contributed by atoms with Crippen LogP contribution < -0.4 is 5.73 Å². The number of hydrogen-bond acceptors (Lipinski definition) is 2. The van der Waals surface area contributed by atoms with E-state index in [1.807, 2.05) is 18.7 Å². The van der Waals surface area contributed by atoms with Crippen molar-refractivity contribution in [3.63, 3.8) is 0 Å². The maximum Gasteiger partial charge on any atom is 0.412 e. The van der Waals surface area contributed by atoms with Gasteiger partial charge in [-0.3, -0.25) is 4.90 Å². The first-order valence-corrected chi connectivity index (χ1v) is 6.08. The molecular formula is C12H21F3N2.